The van der Waals surface area contributed by atoms with E-state index in [1.807, 2.05) is 48.5 Å². The first-order valence-corrected chi connectivity index (χ1v) is 10.1. The van der Waals surface area contributed by atoms with Crippen LogP contribution in [0.15, 0.2) is 85.2 Å². The fraction of sp³-hybridized carbons (Fsp3) is 0.154. The third-order valence-electron chi connectivity index (χ3n) is 5.81. The fourth-order valence-corrected chi connectivity index (χ4v) is 4.43. The molecule has 2 heterocycles. The highest BCUT2D eigenvalue weighted by Gasteiger charge is 2.32. The van der Waals surface area contributed by atoms with Crippen LogP contribution in [0.1, 0.15) is 45.1 Å². The number of aromatic nitrogens is 2. The van der Waals surface area contributed by atoms with E-state index >= 15 is 0 Å². The van der Waals surface area contributed by atoms with Gasteiger partial charge < -0.3 is 4.98 Å². The zero-order valence-electron chi connectivity index (χ0n) is 16.1. The van der Waals surface area contributed by atoms with Crippen LogP contribution >= 0.6 is 0 Å². The SMILES string of the molecule is O=C1CC(c2ccccc2)Cc2[nH]c(-c3ccncc3)c(Cc3ccccc3)c21. The molecule has 3 nitrogen and oxygen atoms in total. The number of hydrogen-bond acceptors (Lipinski definition) is 2. The van der Waals surface area contributed by atoms with Crippen LogP contribution in [0.5, 0.6) is 0 Å². The van der Waals surface area contributed by atoms with E-state index < -0.39 is 0 Å². The molecule has 0 aliphatic heterocycles. The summed E-state index contributed by atoms with van der Waals surface area (Å²) in [4.78, 5) is 21.1. The Bertz CT molecular complexity index is 1130. The highest BCUT2D eigenvalue weighted by atomic mass is 16.1. The number of nitrogens with one attached hydrogen (secondary N) is 1. The molecule has 2 aromatic carbocycles. The molecule has 1 atom stereocenters. The van der Waals surface area contributed by atoms with E-state index in [0.29, 0.717) is 6.42 Å². The van der Waals surface area contributed by atoms with Gasteiger partial charge in [0.1, 0.15) is 0 Å². The van der Waals surface area contributed by atoms with E-state index in [1.54, 1.807) is 12.4 Å². The molecular weight excluding hydrogens is 356 g/mol. The summed E-state index contributed by atoms with van der Waals surface area (Å²) < 4.78 is 0. The Morgan fingerprint density at radius 2 is 1.55 bits per heavy atom. The van der Waals surface area contributed by atoms with Crippen molar-refractivity contribution in [3.05, 3.63) is 113 Å². The monoisotopic (exact) mass is 378 g/mol. The Hall–Kier alpha value is -3.46. The minimum absolute atomic E-state index is 0.227. The topological polar surface area (TPSA) is 45.8 Å². The quantitative estimate of drug-likeness (QED) is 0.504. The van der Waals surface area contributed by atoms with Crippen LogP contribution in [-0.2, 0) is 12.8 Å². The van der Waals surface area contributed by atoms with Crippen molar-refractivity contribution in [2.75, 3.05) is 0 Å². The minimum Gasteiger partial charge on any atom is -0.358 e. The number of fused-ring (bicyclic) bond motifs is 1. The molecule has 1 aliphatic carbocycles. The van der Waals surface area contributed by atoms with Crippen molar-refractivity contribution < 1.29 is 4.79 Å². The summed E-state index contributed by atoms with van der Waals surface area (Å²) in [6.07, 6.45) is 5.77. The van der Waals surface area contributed by atoms with Gasteiger partial charge in [0, 0.05) is 42.1 Å². The number of hydrogen-bond donors (Lipinski definition) is 1. The highest BCUT2D eigenvalue weighted by Crippen LogP contribution is 2.38. The molecule has 29 heavy (non-hydrogen) atoms. The molecule has 0 amide bonds. The largest absolute Gasteiger partial charge is 0.358 e. The van der Waals surface area contributed by atoms with Crippen LogP contribution in [0, 0.1) is 0 Å². The van der Waals surface area contributed by atoms with Gasteiger partial charge in [0.15, 0.2) is 5.78 Å². The summed E-state index contributed by atoms with van der Waals surface area (Å²) in [7, 11) is 0. The lowest BCUT2D eigenvalue weighted by Crippen LogP contribution is -2.19. The summed E-state index contributed by atoms with van der Waals surface area (Å²) in [6, 6.07) is 24.7. The second-order valence-corrected chi connectivity index (χ2v) is 7.67. The molecule has 0 fully saturated rings. The Morgan fingerprint density at radius 1 is 0.862 bits per heavy atom. The maximum absolute atomic E-state index is 13.3. The predicted octanol–water partition coefficient (Wildman–Crippen LogP) is 5.58. The zero-order valence-corrected chi connectivity index (χ0v) is 16.1. The summed E-state index contributed by atoms with van der Waals surface area (Å²) in [5.74, 6) is 0.465. The molecule has 0 spiro atoms. The summed E-state index contributed by atoms with van der Waals surface area (Å²) in [5, 5.41) is 0. The van der Waals surface area contributed by atoms with E-state index in [0.717, 1.165) is 40.9 Å². The molecule has 2 aromatic heterocycles. The number of nitrogens with zero attached hydrogens (tertiary/aromatic N) is 1. The lowest BCUT2D eigenvalue weighted by molar-refractivity contribution is 0.0963. The number of carbonyl (C=O) groups is 1. The minimum atomic E-state index is 0.227. The Morgan fingerprint density at radius 3 is 2.28 bits per heavy atom. The van der Waals surface area contributed by atoms with Gasteiger partial charge in [0.25, 0.3) is 0 Å². The molecule has 142 valence electrons. The maximum Gasteiger partial charge on any atom is 0.165 e. The second kappa shape index (κ2) is 7.51. The van der Waals surface area contributed by atoms with Crippen LogP contribution in [0.3, 0.4) is 0 Å². The van der Waals surface area contributed by atoms with Gasteiger partial charge in [-0.25, -0.2) is 0 Å². The van der Waals surface area contributed by atoms with E-state index in [4.69, 9.17) is 0 Å². The second-order valence-electron chi connectivity index (χ2n) is 7.67. The molecule has 0 radical (unpaired) electrons. The van der Waals surface area contributed by atoms with Crippen LogP contribution in [0.4, 0.5) is 0 Å². The van der Waals surface area contributed by atoms with Crippen molar-refractivity contribution in [1.82, 2.24) is 9.97 Å². The standard InChI is InChI=1S/C26H22N2O/c29-24-17-21(19-9-5-2-6-10-19)16-23-25(24)22(15-18-7-3-1-4-8-18)26(28-23)20-11-13-27-14-12-20/h1-14,21,28H,15-17H2. The number of aromatic amines is 1. The van der Waals surface area contributed by atoms with E-state index in [1.165, 1.54) is 11.1 Å². The van der Waals surface area contributed by atoms with Crippen molar-refractivity contribution in [1.29, 1.82) is 0 Å². The Kier molecular flexibility index (Phi) is 4.57. The fourth-order valence-electron chi connectivity index (χ4n) is 4.43. The molecule has 4 aromatic rings. The molecule has 3 heteroatoms. The smallest absolute Gasteiger partial charge is 0.165 e. The first kappa shape index (κ1) is 17.6. The van der Waals surface area contributed by atoms with Gasteiger partial charge in [-0.05, 0) is 41.2 Å². The van der Waals surface area contributed by atoms with Gasteiger partial charge in [-0.2, -0.15) is 0 Å². The summed E-state index contributed by atoms with van der Waals surface area (Å²) in [5.41, 5.74) is 7.63. The number of H-pyrrole nitrogens is 1. The number of benzene rings is 2. The van der Waals surface area contributed by atoms with Gasteiger partial charge in [0.2, 0.25) is 0 Å². The summed E-state index contributed by atoms with van der Waals surface area (Å²) >= 11 is 0. The van der Waals surface area contributed by atoms with Gasteiger partial charge in [-0.3, -0.25) is 9.78 Å². The number of pyridine rings is 1. The van der Waals surface area contributed by atoms with Gasteiger partial charge in [-0.1, -0.05) is 60.7 Å². The first-order chi connectivity index (χ1) is 14.3. The van der Waals surface area contributed by atoms with E-state index in [2.05, 4.69) is 34.2 Å². The molecule has 5 rings (SSSR count). The van der Waals surface area contributed by atoms with Crippen molar-refractivity contribution in [3.8, 4) is 11.3 Å². The maximum atomic E-state index is 13.3. The lowest BCUT2D eigenvalue weighted by atomic mass is 9.80. The molecule has 0 saturated heterocycles. The Labute approximate surface area is 170 Å². The van der Waals surface area contributed by atoms with Crippen LogP contribution in [0.2, 0.25) is 0 Å². The van der Waals surface area contributed by atoms with E-state index in [-0.39, 0.29) is 11.7 Å². The number of Topliss-reactive ketones (excluding diaryl/α,β-unsaturated/α-hetero) is 1. The van der Waals surface area contributed by atoms with Crippen LogP contribution in [-0.4, -0.2) is 15.8 Å². The molecule has 0 bridgehead atoms. The predicted molar refractivity (Wildman–Crippen MR) is 115 cm³/mol. The van der Waals surface area contributed by atoms with Crippen molar-refractivity contribution in [3.63, 3.8) is 0 Å². The Balaban J connectivity index is 1.61. The van der Waals surface area contributed by atoms with Crippen molar-refractivity contribution in [2.24, 2.45) is 0 Å². The average Bonchev–Trinajstić information content (AvgIpc) is 3.14. The van der Waals surface area contributed by atoms with Gasteiger partial charge >= 0.3 is 0 Å². The van der Waals surface area contributed by atoms with Crippen molar-refractivity contribution in [2.45, 2.75) is 25.2 Å². The molecule has 1 aliphatic rings. The number of rotatable bonds is 4. The average molecular weight is 378 g/mol. The number of carbonyl (C=O) groups excluding carboxylic acids is 1. The normalized spacial score (nSPS) is 15.9. The third-order valence-corrected chi connectivity index (χ3v) is 5.81. The number of ketones is 1. The van der Waals surface area contributed by atoms with Crippen molar-refractivity contribution >= 4 is 5.78 Å². The lowest BCUT2D eigenvalue weighted by Gasteiger charge is -2.22. The van der Waals surface area contributed by atoms with Gasteiger partial charge in [0.05, 0.1) is 5.69 Å². The molecule has 1 N–H and O–H groups in total. The highest BCUT2D eigenvalue weighted by molar-refractivity contribution is 6.02. The first-order valence-electron chi connectivity index (χ1n) is 10.1. The molecule has 1 unspecified atom stereocenters. The van der Waals surface area contributed by atoms with E-state index in [9.17, 15) is 4.79 Å². The third kappa shape index (κ3) is 3.40. The van der Waals surface area contributed by atoms with Crippen LogP contribution in [0.25, 0.3) is 11.3 Å². The molecular formula is C26H22N2O. The molecule has 0 saturated carbocycles. The van der Waals surface area contributed by atoms with Crippen LogP contribution < -0.4 is 0 Å². The van der Waals surface area contributed by atoms with Gasteiger partial charge in [-0.15, -0.1) is 0 Å². The zero-order chi connectivity index (χ0) is 19.6. The summed E-state index contributed by atoms with van der Waals surface area (Å²) in [6.45, 7) is 0.